The molecule has 4 aliphatic carbocycles. The van der Waals surface area contributed by atoms with Gasteiger partial charge in [-0.1, -0.05) is 78.5 Å². The first-order chi connectivity index (χ1) is 27.6. The molecule has 2 aromatic heterocycles. The van der Waals surface area contributed by atoms with E-state index in [1.807, 2.05) is 0 Å². The van der Waals surface area contributed by atoms with Crippen molar-refractivity contribution in [3.63, 3.8) is 0 Å². The van der Waals surface area contributed by atoms with Gasteiger partial charge in [-0.05, 0) is 123 Å². The SMILES string of the molecule is CCOP(=O)(OCCC1CCC2=CC[C@@H]3[C@H](CC[C@@]4(C)[C@H]3CC[C@]4(C)[C@H](C)CCCC(C)C)[C@@]2(C)C1)OC(Cn1cncn1)(Cn1cncn1)c1ccc(F)cc1F. The number of benzene rings is 1. The normalized spacial score (nSPS) is 31.3. The van der Waals surface area contributed by atoms with Gasteiger partial charge in [0.2, 0.25) is 0 Å². The zero-order valence-corrected chi connectivity index (χ0v) is 36.8. The smallest absolute Gasteiger partial charge is 0.287 e. The Morgan fingerprint density at radius 2 is 1.66 bits per heavy atom. The lowest BCUT2D eigenvalue weighted by atomic mass is 9.44. The molecule has 3 aromatic rings. The van der Waals surface area contributed by atoms with Crippen LogP contribution in [0.5, 0.6) is 0 Å². The number of hydrogen-bond donors (Lipinski definition) is 0. The van der Waals surface area contributed by atoms with Crippen molar-refractivity contribution in [2.45, 2.75) is 144 Å². The molecule has 0 radical (unpaired) electrons. The molecule has 4 aliphatic rings. The highest BCUT2D eigenvalue weighted by Gasteiger charge is 2.63. The fourth-order valence-electron chi connectivity index (χ4n) is 12.5. The van der Waals surface area contributed by atoms with E-state index in [-0.39, 0.29) is 37.3 Å². The number of halogens is 2. The lowest BCUT2D eigenvalue weighted by Gasteiger charge is -2.60. The Morgan fingerprint density at radius 3 is 2.29 bits per heavy atom. The van der Waals surface area contributed by atoms with E-state index in [4.69, 9.17) is 13.6 Å². The van der Waals surface area contributed by atoms with Crippen LogP contribution in [0.3, 0.4) is 0 Å². The molecular formula is C45H67F2N6O4P. The second-order valence-electron chi connectivity index (χ2n) is 19.4. The molecule has 3 saturated carbocycles. The molecule has 13 heteroatoms. The Labute approximate surface area is 344 Å². The van der Waals surface area contributed by atoms with E-state index in [1.165, 1.54) is 92.1 Å². The summed E-state index contributed by atoms with van der Waals surface area (Å²) in [6.07, 6.45) is 22.6. The Balaban J connectivity index is 1.06. The quantitative estimate of drug-likeness (QED) is 0.0922. The van der Waals surface area contributed by atoms with Gasteiger partial charge in [0.15, 0.2) is 0 Å². The lowest BCUT2D eigenvalue weighted by molar-refractivity contribution is -0.0887. The Bertz CT molecular complexity index is 1870. The summed E-state index contributed by atoms with van der Waals surface area (Å²) in [7, 11) is -4.36. The molecule has 0 saturated heterocycles. The third-order valence-corrected chi connectivity index (χ3v) is 17.5. The van der Waals surface area contributed by atoms with E-state index in [1.54, 1.807) is 12.5 Å². The molecule has 1 aromatic carbocycles. The second-order valence-corrected chi connectivity index (χ2v) is 21.0. The monoisotopic (exact) mass is 824 g/mol. The van der Waals surface area contributed by atoms with E-state index >= 15 is 4.39 Å². The number of fused-ring (bicyclic) bond motifs is 5. The van der Waals surface area contributed by atoms with Crippen LogP contribution in [-0.4, -0.2) is 42.7 Å². The molecule has 58 heavy (non-hydrogen) atoms. The minimum Gasteiger partial charge on any atom is -0.287 e. The number of allylic oxidation sites excluding steroid dienone is 2. The van der Waals surface area contributed by atoms with Gasteiger partial charge in [0.25, 0.3) is 0 Å². The van der Waals surface area contributed by atoms with Crippen molar-refractivity contribution in [2.24, 2.45) is 51.8 Å². The van der Waals surface area contributed by atoms with E-state index in [0.717, 1.165) is 49.1 Å². The molecular weight excluding hydrogens is 758 g/mol. The molecule has 0 amide bonds. The zero-order valence-electron chi connectivity index (χ0n) is 35.9. The second kappa shape index (κ2) is 17.3. The average Bonchev–Trinajstić information content (AvgIpc) is 3.93. The Kier molecular flexibility index (Phi) is 12.9. The number of aromatic nitrogens is 6. The van der Waals surface area contributed by atoms with Gasteiger partial charge in [-0.15, -0.1) is 0 Å². The van der Waals surface area contributed by atoms with Crippen molar-refractivity contribution in [1.29, 1.82) is 0 Å². The third-order valence-electron chi connectivity index (χ3n) is 15.9. The van der Waals surface area contributed by atoms with Crippen LogP contribution in [0.1, 0.15) is 131 Å². The molecule has 0 bridgehead atoms. The van der Waals surface area contributed by atoms with Gasteiger partial charge in [0, 0.05) is 11.6 Å². The zero-order chi connectivity index (χ0) is 41.3. The van der Waals surface area contributed by atoms with Crippen LogP contribution in [0.4, 0.5) is 8.78 Å². The van der Waals surface area contributed by atoms with Crippen LogP contribution in [0.15, 0.2) is 55.2 Å². The molecule has 3 fully saturated rings. The number of nitrogens with zero attached hydrogens (tertiary/aromatic N) is 6. The van der Waals surface area contributed by atoms with Crippen LogP contribution in [0.2, 0.25) is 0 Å². The van der Waals surface area contributed by atoms with Crippen molar-refractivity contribution < 1.29 is 26.9 Å². The maximum absolute atomic E-state index is 15.8. The first kappa shape index (κ1) is 43.3. The first-order valence-corrected chi connectivity index (χ1v) is 23.5. The molecule has 320 valence electrons. The summed E-state index contributed by atoms with van der Waals surface area (Å²) in [6.45, 7) is 16.7. The molecule has 9 atom stereocenters. The predicted octanol–water partition coefficient (Wildman–Crippen LogP) is 11.4. The van der Waals surface area contributed by atoms with Crippen molar-refractivity contribution in [1.82, 2.24) is 29.5 Å². The highest BCUT2D eigenvalue weighted by molar-refractivity contribution is 7.48. The Hall–Kier alpha value is -2.79. The highest BCUT2D eigenvalue weighted by atomic mass is 31.2. The van der Waals surface area contributed by atoms with Crippen molar-refractivity contribution >= 4 is 7.82 Å². The fraction of sp³-hybridized carbons (Fsp3) is 0.733. The van der Waals surface area contributed by atoms with Crippen LogP contribution in [-0.2, 0) is 36.8 Å². The highest BCUT2D eigenvalue weighted by Crippen LogP contribution is 2.71. The summed E-state index contributed by atoms with van der Waals surface area (Å²) >= 11 is 0. The van der Waals surface area contributed by atoms with Gasteiger partial charge in [0.05, 0.1) is 26.3 Å². The molecule has 2 unspecified atom stereocenters. The molecule has 2 heterocycles. The van der Waals surface area contributed by atoms with Crippen molar-refractivity contribution in [3.05, 3.63) is 72.4 Å². The molecule has 0 aliphatic heterocycles. The van der Waals surface area contributed by atoms with Gasteiger partial charge in [-0.25, -0.2) is 32.7 Å². The molecule has 0 N–H and O–H groups in total. The minimum atomic E-state index is -4.36. The van der Waals surface area contributed by atoms with Gasteiger partial charge >= 0.3 is 7.82 Å². The Morgan fingerprint density at radius 1 is 0.948 bits per heavy atom. The van der Waals surface area contributed by atoms with Gasteiger partial charge in [-0.2, -0.15) is 10.2 Å². The van der Waals surface area contributed by atoms with E-state index in [2.05, 4.69) is 67.8 Å². The number of phosphoric acid groups is 1. The minimum absolute atomic E-state index is 0.0283. The van der Waals surface area contributed by atoms with E-state index in [0.29, 0.717) is 35.0 Å². The molecule has 10 nitrogen and oxygen atoms in total. The number of rotatable bonds is 18. The summed E-state index contributed by atoms with van der Waals surface area (Å²) in [5.41, 5.74) is 0.729. The van der Waals surface area contributed by atoms with Gasteiger partial charge in [0.1, 0.15) is 42.5 Å². The summed E-state index contributed by atoms with van der Waals surface area (Å²) in [4.78, 5) is 8.09. The summed E-state index contributed by atoms with van der Waals surface area (Å²) in [6, 6.07) is 3.20. The predicted molar refractivity (Wildman–Crippen MR) is 220 cm³/mol. The van der Waals surface area contributed by atoms with Gasteiger partial charge < -0.3 is 0 Å². The van der Waals surface area contributed by atoms with Crippen LogP contribution >= 0.6 is 7.82 Å². The summed E-state index contributed by atoms with van der Waals surface area (Å²) in [5, 5.41) is 8.46. The fourth-order valence-corrected chi connectivity index (χ4v) is 14.0. The molecule has 0 spiro atoms. The largest absolute Gasteiger partial charge is 0.475 e. The number of hydrogen-bond acceptors (Lipinski definition) is 8. The average molecular weight is 825 g/mol. The van der Waals surface area contributed by atoms with Crippen LogP contribution in [0, 0.1) is 63.4 Å². The third kappa shape index (κ3) is 8.42. The van der Waals surface area contributed by atoms with Crippen molar-refractivity contribution in [2.75, 3.05) is 13.2 Å². The molecule has 7 rings (SSSR count). The summed E-state index contributed by atoms with van der Waals surface area (Å²) < 4.78 is 66.1. The van der Waals surface area contributed by atoms with Crippen LogP contribution < -0.4 is 0 Å². The lowest BCUT2D eigenvalue weighted by Crippen LogP contribution is -2.53. The standard InChI is InChI=1S/C45H67F2N6O4P/c1-8-55-58(54,57-45(26-52-30-48-28-50-52,27-53-31-49-29-51-53)40-17-15-36(46)24-41(40)47)56-23-20-34-12-13-35-14-16-37-38(42(35,5)25-34)18-22-44(7)39(37)19-21-43(44,6)33(4)11-9-10-32(2)3/h14-15,17,24,28-34,37-39H,8-13,16,18-23,25-27H2,1-7H3/t33-,34?,37-,38+,39+,42+,43-,44+,58?/m1/s1. The topological polar surface area (TPSA) is 106 Å². The van der Waals surface area contributed by atoms with Gasteiger partial charge in [-0.3, -0.25) is 13.6 Å². The van der Waals surface area contributed by atoms with E-state index < -0.39 is 25.1 Å². The maximum atomic E-state index is 15.8. The number of phosphoric ester groups is 1. The van der Waals surface area contributed by atoms with E-state index in [9.17, 15) is 8.96 Å². The maximum Gasteiger partial charge on any atom is 0.475 e. The first-order valence-electron chi connectivity index (χ1n) is 22.0. The van der Waals surface area contributed by atoms with Crippen LogP contribution in [0.25, 0.3) is 0 Å². The summed E-state index contributed by atoms with van der Waals surface area (Å²) in [5.74, 6) is 2.40. The van der Waals surface area contributed by atoms with Crippen molar-refractivity contribution in [3.8, 4) is 0 Å².